The van der Waals surface area contributed by atoms with Crippen molar-refractivity contribution in [3.8, 4) is 0 Å². The van der Waals surface area contributed by atoms with E-state index in [9.17, 15) is 13.2 Å². The van der Waals surface area contributed by atoms with Gasteiger partial charge in [0.1, 0.15) is 19.0 Å². The van der Waals surface area contributed by atoms with Crippen molar-refractivity contribution in [3.63, 3.8) is 0 Å². The summed E-state index contributed by atoms with van der Waals surface area (Å²) < 4.78 is 32.8. The number of hydrogen-bond donors (Lipinski definition) is 1. The number of rotatable bonds is 4. The highest BCUT2D eigenvalue weighted by molar-refractivity contribution is 7.90. The molecule has 8 heteroatoms. The number of fused-ring (bicyclic) bond motifs is 2. The van der Waals surface area contributed by atoms with Gasteiger partial charge in [-0.15, -0.1) is 11.3 Å². The van der Waals surface area contributed by atoms with Gasteiger partial charge in [0.25, 0.3) is 10.0 Å². The average Bonchev–Trinajstić information content (AvgIpc) is 3.17. The van der Waals surface area contributed by atoms with Crippen LogP contribution in [0.25, 0.3) is 10.1 Å². The molecular weight excluding hydrogens is 372 g/mol. The van der Waals surface area contributed by atoms with Gasteiger partial charge in [-0.3, -0.25) is 14.5 Å². The lowest BCUT2D eigenvalue weighted by molar-refractivity contribution is -0.143. The van der Waals surface area contributed by atoms with Crippen molar-refractivity contribution in [2.45, 2.75) is 11.5 Å². The summed E-state index contributed by atoms with van der Waals surface area (Å²) in [5, 5.41) is 3.03. The van der Waals surface area contributed by atoms with Gasteiger partial charge in [-0.1, -0.05) is 30.3 Å². The van der Waals surface area contributed by atoms with E-state index in [1.165, 1.54) is 6.07 Å². The van der Waals surface area contributed by atoms with Gasteiger partial charge in [0.15, 0.2) is 0 Å². The first-order chi connectivity index (χ1) is 12.5. The Bertz CT molecular complexity index is 1130. The van der Waals surface area contributed by atoms with Crippen LogP contribution < -0.4 is 4.72 Å². The van der Waals surface area contributed by atoms with Crippen LogP contribution in [0.4, 0.5) is 0 Å². The number of hydrogen-bond acceptors (Lipinski definition) is 6. The number of benzene rings is 2. The molecule has 132 valence electrons. The maximum absolute atomic E-state index is 12.0. The van der Waals surface area contributed by atoms with Gasteiger partial charge in [0.2, 0.25) is 0 Å². The lowest BCUT2D eigenvalue weighted by Crippen LogP contribution is -2.23. The summed E-state index contributed by atoms with van der Waals surface area (Å²) in [5.74, 6) is -0.352. The summed E-state index contributed by atoms with van der Waals surface area (Å²) in [7, 11) is -3.61. The van der Waals surface area contributed by atoms with E-state index in [1.807, 2.05) is 29.6 Å². The molecule has 1 aliphatic heterocycles. The molecule has 0 spiro atoms. The molecule has 0 saturated carbocycles. The van der Waals surface area contributed by atoms with E-state index in [-0.39, 0.29) is 23.9 Å². The SMILES string of the molecule is O=C(CN=C1NS(=O)(=O)c2ccccc21)OCc1csc2ccccc12. The summed E-state index contributed by atoms with van der Waals surface area (Å²) in [6.07, 6.45) is 0. The van der Waals surface area contributed by atoms with Crippen LogP contribution in [0, 0.1) is 0 Å². The molecule has 26 heavy (non-hydrogen) atoms. The number of nitrogens with one attached hydrogen (secondary N) is 1. The normalized spacial score (nSPS) is 16.4. The van der Waals surface area contributed by atoms with Gasteiger partial charge in [0.05, 0.1) is 4.90 Å². The molecule has 0 atom stereocenters. The Morgan fingerprint density at radius 3 is 2.77 bits per heavy atom. The maximum atomic E-state index is 12.0. The molecule has 1 aliphatic rings. The fourth-order valence-electron chi connectivity index (χ4n) is 2.74. The highest BCUT2D eigenvalue weighted by Gasteiger charge is 2.30. The Balaban J connectivity index is 1.44. The van der Waals surface area contributed by atoms with Crippen molar-refractivity contribution in [2.24, 2.45) is 4.99 Å². The number of carbonyl (C=O) groups is 1. The summed E-state index contributed by atoms with van der Waals surface area (Å²) >= 11 is 1.60. The van der Waals surface area contributed by atoms with Crippen LogP contribution in [0.15, 0.2) is 63.8 Å². The molecule has 1 aromatic heterocycles. The van der Waals surface area contributed by atoms with Crippen molar-refractivity contribution >= 4 is 43.3 Å². The van der Waals surface area contributed by atoms with E-state index < -0.39 is 16.0 Å². The van der Waals surface area contributed by atoms with E-state index >= 15 is 0 Å². The smallest absolute Gasteiger partial charge is 0.328 e. The molecule has 2 heterocycles. The zero-order valence-corrected chi connectivity index (χ0v) is 15.1. The van der Waals surface area contributed by atoms with Crippen LogP contribution in [-0.2, 0) is 26.2 Å². The largest absolute Gasteiger partial charge is 0.459 e. The van der Waals surface area contributed by atoms with Gasteiger partial charge < -0.3 is 4.74 Å². The van der Waals surface area contributed by atoms with Crippen molar-refractivity contribution in [3.05, 3.63) is 65.0 Å². The standard InChI is InChI=1S/C18H14N2O4S2/c21-17(24-10-12-11-25-15-7-3-1-5-13(12)15)9-19-18-14-6-2-4-8-16(14)26(22,23)20-18/h1-8,11H,9-10H2,(H,19,20). The Labute approximate surface area is 154 Å². The fraction of sp³-hybridized carbons (Fsp3) is 0.111. The molecule has 3 aromatic rings. The van der Waals surface area contributed by atoms with Crippen LogP contribution in [0.3, 0.4) is 0 Å². The third-order valence-electron chi connectivity index (χ3n) is 3.98. The first-order valence-electron chi connectivity index (χ1n) is 7.82. The lowest BCUT2D eigenvalue weighted by Gasteiger charge is -2.03. The first-order valence-corrected chi connectivity index (χ1v) is 10.2. The molecule has 0 saturated heterocycles. The minimum atomic E-state index is -3.61. The zero-order chi connectivity index (χ0) is 18.1. The van der Waals surface area contributed by atoms with E-state index in [1.54, 1.807) is 29.5 Å². The van der Waals surface area contributed by atoms with Crippen LogP contribution in [0.2, 0.25) is 0 Å². The predicted molar refractivity (Wildman–Crippen MR) is 99.8 cm³/mol. The molecule has 1 N–H and O–H groups in total. The van der Waals surface area contributed by atoms with Gasteiger partial charge in [-0.05, 0) is 29.0 Å². The molecule has 0 radical (unpaired) electrons. The van der Waals surface area contributed by atoms with Crippen molar-refractivity contribution in [1.82, 2.24) is 4.72 Å². The van der Waals surface area contributed by atoms with E-state index in [0.29, 0.717) is 5.56 Å². The quantitative estimate of drug-likeness (QED) is 0.699. The molecule has 4 rings (SSSR count). The van der Waals surface area contributed by atoms with E-state index in [4.69, 9.17) is 4.74 Å². The molecule has 0 aliphatic carbocycles. The molecule has 0 bridgehead atoms. The molecule has 0 unspecified atom stereocenters. The number of nitrogens with zero attached hydrogens (tertiary/aromatic N) is 1. The number of thiophene rings is 1. The third-order valence-corrected chi connectivity index (χ3v) is 6.39. The number of amidine groups is 1. The Kier molecular flexibility index (Phi) is 4.21. The highest BCUT2D eigenvalue weighted by Crippen LogP contribution is 2.26. The number of esters is 1. The molecular formula is C18H14N2O4S2. The minimum Gasteiger partial charge on any atom is -0.459 e. The predicted octanol–water partition coefficient (Wildman–Crippen LogP) is 2.68. The van der Waals surface area contributed by atoms with E-state index in [2.05, 4.69) is 9.71 Å². The molecule has 0 amide bonds. The van der Waals surface area contributed by atoms with Crippen LogP contribution in [0.5, 0.6) is 0 Å². The molecule has 6 nitrogen and oxygen atoms in total. The zero-order valence-electron chi connectivity index (χ0n) is 13.5. The number of ether oxygens (including phenoxy) is 1. The average molecular weight is 386 g/mol. The molecule has 2 aromatic carbocycles. The summed E-state index contributed by atoms with van der Waals surface area (Å²) in [6.45, 7) is -0.0930. The summed E-state index contributed by atoms with van der Waals surface area (Å²) in [4.78, 5) is 16.2. The van der Waals surface area contributed by atoms with Gasteiger partial charge in [-0.25, -0.2) is 8.42 Å². The molecule has 0 fully saturated rings. The minimum absolute atomic E-state index is 0.163. The van der Waals surface area contributed by atoms with Crippen molar-refractivity contribution in [2.75, 3.05) is 6.54 Å². The van der Waals surface area contributed by atoms with Crippen LogP contribution >= 0.6 is 11.3 Å². The summed E-state index contributed by atoms with van der Waals surface area (Å²) in [6, 6.07) is 14.4. The van der Waals surface area contributed by atoms with E-state index in [0.717, 1.165) is 15.6 Å². The van der Waals surface area contributed by atoms with Gasteiger partial charge >= 0.3 is 5.97 Å². The van der Waals surface area contributed by atoms with Crippen molar-refractivity contribution < 1.29 is 17.9 Å². The van der Waals surface area contributed by atoms with Crippen LogP contribution in [0.1, 0.15) is 11.1 Å². The van der Waals surface area contributed by atoms with Crippen LogP contribution in [-0.4, -0.2) is 26.8 Å². The van der Waals surface area contributed by atoms with Gasteiger partial charge in [0, 0.05) is 15.8 Å². The number of sulfonamides is 1. The second-order valence-corrected chi connectivity index (χ2v) is 8.25. The van der Waals surface area contributed by atoms with Crippen molar-refractivity contribution in [1.29, 1.82) is 0 Å². The number of aliphatic imine (C=N–C) groups is 1. The Morgan fingerprint density at radius 2 is 1.88 bits per heavy atom. The van der Waals surface area contributed by atoms with Gasteiger partial charge in [-0.2, -0.15) is 0 Å². The topological polar surface area (TPSA) is 84.8 Å². The first kappa shape index (κ1) is 16.7. The monoisotopic (exact) mass is 386 g/mol. The summed E-state index contributed by atoms with van der Waals surface area (Å²) in [5.41, 5.74) is 1.41. The Morgan fingerprint density at radius 1 is 1.12 bits per heavy atom. The maximum Gasteiger partial charge on any atom is 0.328 e. The third kappa shape index (κ3) is 3.09. The lowest BCUT2D eigenvalue weighted by atomic mass is 10.2. The fourth-order valence-corrected chi connectivity index (χ4v) is 4.94. The Hall–Kier alpha value is -2.71. The highest BCUT2D eigenvalue weighted by atomic mass is 32.2. The second kappa shape index (κ2) is 6.54. The number of carbonyl (C=O) groups excluding carboxylic acids is 1. The second-order valence-electron chi connectivity index (χ2n) is 5.68.